The monoisotopic (exact) mass is 228 g/mol. The van der Waals surface area contributed by atoms with Gasteiger partial charge in [-0.15, -0.1) is 11.8 Å². The average Bonchev–Trinajstić information content (AvgIpc) is 2.26. The zero-order chi connectivity index (χ0) is 11.4. The Morgan fingerprint density at radius 2 is 1.60 bits per heavy atom. The van der Waals surface area contributed by atoms with E-state index < -0.39 is 7.12 Å². The fourth-order valence-corrected chi connectivity index (χ4v) is 1.94. The Bertz CT molecular complexity index is 318. The molecule has 0 aliphatic heterocycles. The fraction of sp³-hybridized carbons (Fsp3) is 0.333. The van der Waals surface area contributed by atoms with Gasteiger partial charge in [-0.2, -0.15) is 0 Å². The minimum Gasteiger partial charge on any atom is -0.495 e. The molecule has 1 aromatic rings. The van der Waals surface area contributed by atoms with Crippen LogP contribution in [0.2, 0.25) is 0 Å². The zero-order valence-electron chi connectivity index (χ0n) is 8.85. The maximum Gasteiger partial charge on any atom is 0.488 e. The second-order valence-electron chi connectivity index (χ2n) is 2.83. The van der Waals surface area contributed by atoms with Crippen LogP contribution in [0.25, 0.3) is 0 Å². The van der Waals surface area contributed by atoms with E-state index in [0.717, 1.165) is 4.90 Å². The van der Waals surface area contributed by atoms with Crippen molar-refractivity contribution < 1.29 is 19.5 Å². The molecular weight excluding hydrogens is 215 g/mol. The first-order valence-electron chi connectivity index (χ1n) is 4.30. The molecule has 0 bridgehead atoms. The van der Waals surface area contributed by atoms with Crippen molar-refractivity contribution in [1.82, 2.24) is 0 Å². The summed E-state index contributed by atoms with van der Waals surface area (Å²) in [6.45, 7) is 0. The van der Waals surface area contributed by atoms with Crippen LogP contribution in [0.15, 0.2) is 17.0 Å². The van der Waals surface area contributed by atoms with Gasteiger partial charge in [0.25, 0.3) is 0 Å². The Labute approximate surface area is 93.4 Å². The zero-order valence-corrected chi connectivity index (χ0v) is 9.67. The van der Waals surface area contributed by atoms with Crippen LogP contribution in [0.1, 0.15) is 0 Å². The molecular formula is C9H13BO4S. The lowest BCUT2D eigenvalue weighted by Crippen LogP contribution is -2.30. The van der Waals surface area contributed by atoms with E-state index in [0.29, 0.717) is 17.0 Å². The first-order valence-corrected chi connectivity index (χ1v) is 5.52. The van der Waals surface area contributed by atoms with Crippen LogP contribution >= 0.6 is 11.8 Å². The smallest absolute Gasteiger partial charge is 0.488 e. The number of rotatable bonds is 4. The van der Waals surface area contributed by atoms with Crippen molar-refractivity contribution in [3.63, 3.8) is 0 Å². The molecule has 0 amide bonds. The van der Waals surface area contributed by atoms with Crippen LogP contribution in [-0.2, 0) is 0 Å². The molecule has 0 aromatic heterocycles. The van der Waals surface area contributed by atoms with Crippen molar-refractivity contribution in [1.29, 1.82) is 0 Å². The van der Waals surface area contributed by atoms with E-state index in [1.807, 2.05) is 6.26 Å². The molecule has 0 aliphatic rings. The molecule has 1 rings (SSSR count). The highest BCUT2D eigenvalue weighted by Crippen LogP contribution is 2.35. The molecule has 4 nitrogen and oxygen atoms in total. The number of ether oxygens (including phenoxy) is 2. The molecule has 0 radical (unpaired) electrons. The van der Waals surface area contributed by atoms with Gasteiger partial charge in [-0.3, -0.25) is 0 Å². The van der Waals surface area contributed by atoms with Crippen molar-refractivity contribution in [2.45, 2.75) is 4.90 Å². The summed E-state index contributed by atoms with van der Waals surface area (Å²) < 4.78 is 10.3. The molecule has 15 heavy (non-hydrogen) atoms. The highest BCUT2D eigenvalue weighted by atomic mass is 32.2. The van der Waals surface area contributed by atoms with E-state index in [4.69, 9.17) is 19.5 Å². The van der Waals surface area contributed by atoms with Gasteiger partial charge in [-0.05, 0) is 23.9 Å². The third-order valence-corrected chi connectivity index (χ3v) is 2.80. The second kappa shape index (κ2) is 5.30. The first kappa shape index (κ1) is 12.2. The van der Waals surface area contributed by atoms with E-state index in [2.05, 4.69) is 0 Å². The van der Waals surface area contributed by atoms with Crippen LogP contribution in [0.3, 0.4) is 0 Å². The summed E-state index contributed by atoms with van der Waals surface area (Å²) >= 11 is 1.48. The first-order chi connectivity index (χ1) is 7.13. The Hall–Kier alpha value is -0.845. The van der Waals surface area contributed by atoms with E-state index in [-0.39, 0.29) is 0 Å². The number of methoxy groups -OCH3 is 2. The van der Waals surface area contributed by atoms with Gasteiger partial charge in [-0.25, -0.2) is 0 Å². The lowest BCUT2D eigenvalue weighted by atomic mass is 9.80. The highest BCUT2D eigenvalue weighted by molar-refractivity contribution is 7.98. The maximum atomic E-state index is 9.06. The summed E-state index contributed by atoms with van der Waals surface area (Å²) in [5, 5.41) is 18.1. The average molecular weight is 228 g/mol. The third kappa shape index (κ3) is 2.59. The molecule has 1 aromatic carbocycles. The molecule has 0 saturated heterocycles. The molecule has 6 heteroatoms. The van der Waals surface area contributed by atoms with Gasteiger partial charge in [0, 0.05) is 0 Å². The lowest BCUT2D eigenvalue weighted by Gasteiger charge is -2.13. The second-order valence-corrected chi connectivity index (χ2v) is 3.65. The van der Waals surface area contributed by atoms with Crippen LogP contribution in [0.4, 0.5) is 0 Å². The summed E-state index contributed by atoms with van der Waals surface area (Å²) in [4.78, 5) is 0.837. The van der Waals surface area contributed by atoms with Gasteiger partial charge in [0.1, 0.15) is 11.5 Å². The van der Waals surface area contributed by atoms with Gasteiger partial charge in [0.2, 0.25) is 0 Å². The number of benzene rings is 1. The van der Waals surface area contributed by atoms with Crippen molar-refractivity contribution in [3.8, 4) is 11.5 Å². The van der Waals surface area contributed by atoms with E-state index in [9.17, 15) is 0 Å². The summed E-state index contributed by atoms with van der Waals surface area (Å²) in [7, 11) is 1.54. The number of hydrogen-bond acceptors (Lipinski definition) is 5. The standard InChI is InChI=1S/C9H13BO4S/c1-13-7-4-6(10(11)12)5-8(14-2)9(7)15-3/h4-5,11-12H,1-3H3. The molecule has 0 fully saturated rings. The third-order valence-electron chi connectivity index (χ3n) is 1.99. The van der Waals surface area contributed by atoms with E-state index in [1.54, 1.807) is 12.1 Å². The predicted molar refractivity (Wildman–Crippen MR) is 61.2 cm³/mol. The molecule has 0 saturated carbocycles. The van der Waals surface area contributed by atoms with E-state index >= 15 is 0 Å². The summed E-state index contributed by atoms with van der Waals surface area (Å²) in [6.07, 6.45) is 1.90. The largest absolute Gasteiger partial charge is 0.495 e. The lowest BCUT2D eigenvalue weighted by molar-refractivity contribution is 0.375. The summed E-state index contributed by atoms with van der Waals surface area (Å²) in [5.74, 6) is 1.15. The number of thioether (sulfide) groups is 1. The topological polar surface area (TPSA) is 58.9 Å². The summed E-state index contributed by atoms with van der Waals surface area (Å²) in [6, 6.07) is 3.16. The Kier molecular flexibility index (Phi) is 4.32. The van der Waals surface area contributed by atoms with Gasteiger partial charge >= 0.3 is 7.12 Å². The van der Waals surface area contributed by atoms with Gasteiger partial charge in [0.15, 0.2) is 0 Å². The van der Waals surface area contributed by atoms with Gasteiger partial charge < -0.3 is 19.5 Å². The van der Waals surface area contributed by atoms with Crippen molar-refractivity contribution in [3.05, 3.63) is 12.1 Å². The van der Waals surface area contributed by atoms with Gasteiger partial charge in [0.05, 0.1) is 19.1 Å². The molecule has 82 valence electrons. The Morgan fingerprint density at radius 3 is 1.87 bits per heavy atom. The quantitative estimate of drug-likeness (QED) is 0.565. The van der Waals surface area contributed by atoms with Gasteiger partial charge in [-0.1, -0.05) is 0 Å². The van der Waals surface area contributed by atoms with Crippen molar-refractivity contribution in [2.24, 2.45) is 0 Å². The van der Waals surface area contributed by atoms with Crippen LogP contribution in [0, 0.1) is 0 Å². The molecule has 2 N–H and O–H groups in total. The van der Waals surface area contributed by atoms with Crippen LogP contribution in [0.5, 0.6) is 11.5 Å². The Balaban J connectivity index is 3.29. The van der Waals surface area contributed by atoms with Crippen LogP contribution < -0.4 is 14.9 Å². The fourth-order valence-electron chi connectivity index (χ4n) is 1.25. The molecule has 0 heterocycles. The molecule has 0 aliphatic carbocycles. The predicted octanol–water partition coefficient (Wildman–Crippen LogP) is 0.105. The minimum absolute atomic E-state index is 0.349. The maximum absolute atomic E-state index is 9.06. The normalized spacial score (nSPS) is 9.93. The Morgan fingerprint density at radius 1 is 1.13 bits per heavy atom. The molecule has 0 unspecified atom stereocenters. The molecule has 0 atom stereocenters. The molecule has 0 spiro atoms. The summed E-state index contributed by atoms with van der Waals surface area (Å²) in [5.41, 5.74) is 0.349. The van der Waals surface area contributed by atoms with E-state index in [1.165, 1.54) is 26.0 Å². The van der Waals surface area contributed by atoms with Crippen molar-refractivity contribution in [2.75, 3.05) is 20.5 Å². The minimum atomic E-state index is -1.52. The SMILES string of the molecule is COc1cc(B(O)O)cc(OC)c1SC. The highest BCUT2D eigenvalue weighted by Gasteiger charge is 2.18. The van der Waals surface area contributed by atoms with Crippen LogP contribution in [-0.4, -0.2) is 37.6 Å². The van der Waals surface area contributed by atoms with Crippen molar-refractivity contribution >= 4 is 24.3 Å². The number of hydrogen-bond donors (Lipinski definition) is 2.